The molecule has 7 nitrogen and oxygen atoms in total. The van der Waals surface area contributed by atoms with Gasteiger partial charge in [-0.05, 0) is 105 Å². The lowest BCUT2D eigenvalue weighted by atomic mass is 9.87. The van der Waals surface area contributed by atoms with Crippen LogP contribution in [-0.2, 0) is 14.3 Å². The maximum absolute atomic E-state index is 14.5. The first-order chi connectivity index (χ1) is 16.7. The van der Waals surface area contributed by atoms with E-state index in [1.807, 2.05) is 87.4 Å². The quantitative estimate of drug-likeness (QED) is 0.407. The van der Waals surface area contributed by atoms with Crippen LogP contribution in [0.15, 0.2) is 18.2 Å². The third-order valence-electron chi connectivity index (χ3n) is 6.27. The monoisotopic (exact) mass is 517 g/mol. The highest BCUT2D eigenvalue weighted by Crippen LogP contribution is 2.36. The third kappa shape index (κ3) is 9.67. The van der Waals surface area contributed by atoms with Gasteiger partial charge in [0.25, 0.3) is 0 Å². The van der Waals surface area contributed by atoms with Gasteiger partial charge in [-0.3, -0.25) is 9.59 Å². The van der Waals surface area contributed by atoms with Gasteiger partial charge in [0.15, 0.2) is 0 Å². The van der Waals surface area contributed by atoms with E-state index in [4.69, 9.17) is 4.74 Å². The Morgan fingerprint density at radius 2 is 1.46 bits per heavy atom. The molecule has 0 bridgehead atoms. The highest BCUT2D eigenvalue weighted by atomic mass is 16.6. The predicted molar refractivity (Wildman–Crippen MR) is 150 cm³/mol. The number of nitrogens with zero attached hydrogens (tertiary/aromatic N) is 1. The zero-order valence-corrected chi connectivity index (χ0v) is 25.5. The maximum atomic E-state index is 14.5. The second-order valence-corrected chi connectivity index (χ2v) is 13.1. The topological polar surface area (TPSA) is 87.7 Å². The molecule has 2 N–H and O–H groups in total. The van der Waals surface area contributed by atoms with Crippen LogP contribution >= 0.6 is 0 Å². The van der Waals surface area contributed by atoms with Gasteiger partial charge in [0.1, 0.15) is 17.7 Å². The van der Waals surface area contributed by atoms with Gasteiger partial charge in [-0.15, -0.1) is 0 Å². The highest BCUT2D eigenvalue weighted by Gasteiger charge is 2.44. The fourth-order valence-electron chi connectivity index (χ4n) is 4.33. The van der Waals surface area contributed by atoms with Gasteiger partial charge < -0.3 is 20.3 Å². The number of hydrogen-bond donors (Lipinski definition) is 2. The fourth-order valence-corrected chi connectivity index (χ4v) is 4.33. The van der Waals surface area contributed by atoms with Crippen LogP contribution in [0, 0.1) is 19.8 Å². The van der Waals surface area contributed by atoms with E-state index in [-0.39, 0.29) is 17.7 Å². The van der Waals surface area contributed by atoms with Crippen LogP contribution in [-0.4, -0.2) is 45.5 Å². The first-order valence-corrected chi connectivity index (χ1v) is 13.4. The largest absolute Gasteiger partial charge is 0.444 e. The summed E-state index contributed by atoms with van der Waals surface area (Å²) in [5.74, 6) is -0.430. The fraction of sp³-hybridized carbons (Fsp3) is 0.700. The van der Waals surface area contributed by atoms with Crippen molar-refractivity contribution in [2.45, 2.75) is 132 Å². The van der Waals surface area contributed by atoms with E-state index in [0.29, 0.717) is 12.8 Å². The minimum atomic E-state index is -0.877. The van der Waals surface area contributed by atoms with Gasteiger partial charge in [-0.2, -0.15) is 0 Å². The van der Waals surface area contributed by atoms with E-state index in [1.165, 1.54) is 0 Å². The van der Waals surface area contributed by atoms with Gasteiger partial charge >= 0.3 is 6.09 Å². The van der Waals surface area contributed by atoms with Gasteiger partial charge in [0.05, 0.1) is 0 Å². The van der Waals surface area contributed by atoms with Crippen molar-refractivity contribution < 1.29 is 19.1 Å². The summed E-state index contributed by atoms with van der Waals surface area (Å²) in [5.41, 5.74) is 0.781. The number of carbonyl (C=O) groups is 3. The Hall–Kier alpha value is -2.57. The summed E-state index contributed by atoms with van der Waals surface area (Å²) in [6.07, 6.45) is 0.377. The standard InChI is InChI=1S/C30H51N3O4/c1-14-30(12,13)33(26(35)22(18-19(2)3)31-27(36)37-29(9,10)11)24(25(34)32-28(6,7)8)23-20(4)16-15-17-21(23)5/h15-17,19,22,24H,14,18H2,1-13H3,(H,31,36)(H,32,34). The smallest absolute Gasteiger partial charge is 0.408 e. The van der Waals surface area contributed by atoms with Gasteiger partial charge in [0.2, 0.25) is 11.8 Å². The zero-order valence-electron chi connectivity index (χ0n) is 25.5. The molecule has 0 aliphatic heterocycles. The summed E-state index contributed by atoms with van der Waals surface area (Å²) in [5, 5.41) is 5.93. The molecule has 2 unspecified atom stereocenters. The normalized spacial score (nSPS) is 14.1. The summed E-state index contributed by atoms with van der Waals surface area (Å²) in [7, 11) is 0. The summed E-state index contributed by atoms with van der Waals surface area (Å²) >= 11 is 0. The molecule has 1 aromatic carbocycles. The first-order valence-electron chi connectivity index (χ1n) is 13.4. The second kappa shape index (κ2) is 12.3. The molecule has 7 heteroatoms. The number of alkyl carbamates (subject to hydrolysis) is 1. The molecular formula is C30H51N3O4. The lowest BCUT2D eigenvalue weighted by Crippen LogP contribution is -2.60. The van der Waals surface area contributed by atoms with E-state index < -0.39 is 34.9 Å². The molecule has 0 aliphatic rings. The van der Waals surface area contributed by atoms with Crippen molar-refractivity contribution in [3.63, 3.8) is 0 Å². The van der Waals surface area contributed by atoms with Gasteiger partial charge in [-0.25, -0.2) is 4.79 Å². The Morgan fingerprint density at radius 3 is 1.86 bits per heavy atom. The number of benzene rings is 1. The molecule has 0 spiro atoms. The SMILES string of the molecule is CCC(C)(C)N(C(=O)C(CC(C)C)NC(=O)OC(C)(C)C)C(C(=O)NC(C)(C)C)c1c(C)cccc1C. The molecule has 3 amide bonds. The minimum absolute atomic E-state index is 0.123. The van der Waals surface area contributed by atoms with Crippen LogP contribution in [0.5, 0.6) is 0 Å². The molecule has 0 radical (unpaired) electrons. The van der Waals surface area contributed by atoms with Crippen LogP contribution in [0.2, 0.25) is 0 Å². The van der Waals surface area contributed by atoms with Crippen LogP contribution in [0.4, 0.5) is 4.79 Å². The number of ether oxygens (including phenoxy) is 1. The van der Waals surface area contributed by atoms with Crippen molar-refractivity contribution in [3.8, 4) is 0 Å². The summed E-state index contributed by atoms with van der Waals surface area (Å²) in [4.78, 5) is 42.9. The lowest BCUT2D eigenvalue weighted by Gasteiger charge is -2.46. The molecular weight excluding hydrogens is 466 g/mol. The number of hydrogen-bond acceptors (Lipinski definition) is 4. The van der Waals surface area contributed by atoms with E-state index in [9.17, 15) is 14.4 Å². The van der Waals surface area contributed by atoms with Crippen LogP contribution in [0.25, 0.3) is 0 Å². The van der Waals surface area contributed by atoms with Crippen molar-refractivity contribution in [1.82, 2.24) is 15.5 Å². The molecule has 0 saturated carbocycles. The van der Waals surface area contributed by atoms with Crippen molar-refractivity contribution >= 4 is 17.9 Å². The number of aryl methyl sites for hydroxylation is 2. The summed E-state index contributed by atoms with van der Waals surface area (Å²) in [6, 6.07) is 4.15. The van der Waals surface area contributed by atoms with Crippen molar-refractivity contribution in [2.24, 2.45) is 5.92 Å². The zero-order chi connectivity index (χ0) is 28.9. The van der Waals surface area contributed by atoms with Crippen molar-refractivity contribution in [1.29, 1.82) is 0 Å². The summed E-state index contributed by atoms with van der Waals surface area (Å²) in [6.45, 7) is 25.0. The van der Waals surface area contributed by atoms with Gasteiger partial charge in [0, 0.05) is 11.1 Å². The van der Waals surface area contributed by atoms with Crippen LogP contribution in [0.1, 0.15) is 112 Å². The van der Waals surface area contributed by atoms with E-state index in [0.717, 1.165) is 16.7 Å². The molecule has 0 aromatic heterocycles. The van der Waals surface area contributed by atoms with E-state index in [1.54, 1.807) is 25.7 Å². The molecule has 1 aromatic rings. The van der Waals surface area contributed by atoms with Crippen molar-refractivity contribution in [2.75, 3.05) is 0 Å². The second-order valence-electron chi connectivity index (χ2n) is 13.1. The molecule has 2 atom stereocenters. The average Bonchev–Trinajstić information content (AvgIpc) is 2.68. The Kier molecular flexibility index (Phi) is 10.8. The number of rotatable bonds is 9. The number of carbonyl (C=O) groups excluding carboxylic acids is 3. The van der Waals surface area contributed by atoms with Crippen LogP contribution < -0.4 is 10.6 Å². The molecule has 37 heavy (non-hydrogen) atoms. The molecule has 0 aliphatic carbocycles. The van der Waals surface area contributed by atoms with E-state index >= 15 is 0 Å². The minimum Gasteiger partial charge on any atom is -0.444 e. The average molecular weight is 518 g/mol. The predicted octanol–water partition coefficient (Wildman–Crippen LogP) is 6.22. The Labute approximate surface area is 225 Å². The van der Waals surface area contributed by atoms with Crippen molar-refractivity contribution in [3.05, 3.63) is 34.9 Å². The maximum Gasteiger partial charge on any atom is 0.408 e. The number of nitrogens with one attached hydrogen (secondary N) is 2. The molecule has 0 heterocycles. The van der Waals surface area contributed by atoms with E-state index in [2.05, 4.69) is 10.6 Å². The van der Waals surface area contributed by atoms with Gasteiger partial charge in [-0.1, -0.05) is 39.0 Å². The van der Waals surface area contributed by atoms with Crippen LogP contribution in [0.3, 0.4) is 0 Å². The summed E-state index contributed by atoms with van der Waals surface area (Å²) < 4.78 is 5.49. The Bertz CT molecular complexity index is 934. The molecule has 0 fully saturated rings. The molecule has 0 saturated heterocycles. The first kappa shape index (κ1) is 32.5. The third-order valence-corrected chi connectivity index (χ3v) is 6.27. The Balaban J connectivity index is 3.79. The lowest BCUT2D eigenvalue weighted by molar-refractivity contribution is -0.150. The Morgan fingerprint density at radius 1 is 0.946 bits per heavy atom. The molecule has 210 valence electrons. The molecule has 1 rings (SSSR count). The number of amides is 3. The highest BCUT2D eigenvalue weighted by molar-refractivity contribution is 5.93.